The standard InChI is InChI=1S/C16H23N3O4S/c1-2-17-16(20)12-18-6-8-19(9-7-18)24(21,22)14-3-4-15-13(11-14)5-10-23-15/h3-4,11H,2,5-10,12H2,1H3,(H,17,20). The molecule has 132 valence electrons. The lowest BCUT2D eigenvalue weighted by Crippen LogP contribution is -2.51. The summed E-state index contributed by atoms with van der Waals surface area (Å²) in [6, 6.07) is 5.07. The van der Waals surface area contributed by atoms with E-state index in [1.54, 1.807) is 18.2 Å². The number of rotatable bonds is 5. The molecule has 0 aliphatic carbocycles. The van der Waals surface area contributed by atoms with E-state index in [2.05, 4.69) is 5.32 Å². The molecule has 1 aromatic carbocycles. The Morgan fingerprint density at radius 1 is 1.25 bits per heavy atom. The van der Waals surface area contributed by atoms with Gasteiger partial charge in [-0.15, -0.1) is 0 Å². The first-order valence-electron chi connectivity index (χ1n) is 8.25. The maximum atomic E-state index is 12.8. The Labute approximate surface area is 142 Å². The summed E-state index contributed by atoms with van der Waals surface area (Å²) in [5.74, 6) is 0.758. The number of carbonyl (C=O) groups excluding carboxylic acids is 1. The predicted octanol–water partition coefficient (Wildman–Crippen LogP) is 0.0639. The number of nitrogens with zero attached hydrogens (tertiary/aromatic N) is 2. The summed E-state index contributed by atoms with van der Waals surface area (Å²) in [5, 5.41) is 2.76. The van der Waals surface area contributed by atoms with E-state index in [9.17, 15) is 13.2 Å². The summed E-state index contributed by atoms with van der Waals surface area (Å²) in [6.07, 6.45) is 0.749. The molecule has 1 fully saturated rings. The van der Waals surface area contributed by atoms with Crippen molar-refractivity contribution in [2.24, 2.45) is 0 Å². The lowest BCUT2D eigenvalue weighted by molar-refractivity contribution is -0.122. The molecular formula is C16H23N3O4S. The first-order chi connectivity index (χ1) is 11.5. The zero-order valence-corrected chi connectivity index (χ0v) is 14.6. The minimum absolute atomic E-state index is 0.0209. The van der Waals surface area contributed by atoms with Crippen LogP contribution in [0.2, 0.25) is 0 Å². The molecule has 8 heteroatoms. The lowest BCUT2D eigenvalue weighted by Gasteiger charge is -2.33. The predicted molar refractivity (Wildman–Crippen MR) is 89.5 cm³/mol. The van der Waals surface area contributed by atoms with Crippen LogP contribution in [0.3, 0.4) is 0 Å². The van der Waals surface area contributed by atoms with E-state index in [4.69, 9.17) is 4.74 Å². The number of carbonyl (C=O) groups is 1. The number of ether oxygens (including phenoxy) is 1. The van der Waals surface area contributed by atoms with Gasteiger partial charge in [0.2, 0.25) is 15.9 Å². The average Bonchev–Trinajstić information content (AvgIpc) is 3.03. The molecule has 0 atom stereocenters. The summed E-state index contributed by atoms with van der Waals surface area (Å²) < 4.78 is 32.5. The van der Waals surface area contributed by atoms with Gasteiger partial charge in [0, 0.05) is 39.1 Å². The molecule has 0 bridgehead atoms. The summed E-state index contributed by atoms with van der Waals surface area (Å²) in [4.78, 5) is 13.9. The van der Waals surface area contributed by atoms with Crippen LogP contribution in [0.1, 0.15) is 12.5 Å². The fourth-order valence-corrected chi connectivity index (χ4v) is 4.53. The van der Waals surface area contributed by atoms with E-state index in [1.165, 1.54) is 4.31 Å². The smallest absolute Gasteiger partial charge is 0.243 e. The molecule has 0 spiro atoms. The minimum Gasteiger partial charge on any atom is -0.493 e. The molecule has 2 aliphatic heterocycles. The second-order valence-electron chi connectivity index (χ2n) is 6.00. The SMILES string of the molecule is CCNC(=O)CN1CCN(S(=O)(=O)c2ccc3c(c2)CCO3)CC1. The van der Waals surface area contributed by atoms with E-state index in [0.717, 1.165) is 17.7 Å². The number of hydrogen-bond donors (Lipinski definition) is 1. The van der Waals surface area contributed by atoms with Crippen LogP contribution in [-0.2, 0) is 21.2 Å². The Hall–Kier alpha value is -1.64. The summed E-state index contributed by atoms with van der Waals surface area (Å²) in [7, 11) is -3.50. The van der Waals surface area contributed by atoms with Crippen LogP contribution in [0.15, 0.2) is 23.1 Å². The van der Waals surface area contributed by atoms with Crippen LogP contribution in [0, 0.1) is 0 Å². The molecule has 24 heavy (non-hydrogen) atoms. The molecule has 0 radical (unpaired) electrons. The van der Waals surface area contributed by atoms with Crippen LogP contribution in [0.5, 0.6) is 5.75 Å². The molecule has 1 amide bonds. The van der Waals surface area contributed by atoms with Gasteiger partial charge in [0.15, 0.2) is 0 Å². The number of piperazine rings is 1. The van der Waals surface area contributed by atoms with Gasteiger partial charge in [-0.3, -0.25) is 9.69 Å². The van der Waals surface area contributed by atoms with Crippen molar-refractivity contribution in [3.63, 3.8) is 0 Å². The molecule has 0 saturated carbocycles. The molecule has 2 aliphatic rings. The molecule has 7 nitrogen and oxygen atoms in total. The quantitative estimate of drug-likeness (QED) is 0.810. The summed E-state index contributed by atoms with van der Waals surface area (Å²) in [5.41, 5.74) is 0.950. The fraction of sp³-hybridized carbons (Fsp3) is 0.562. The third-order valence-electron chi connectivity index (χ3n) is 4.37. The monoisotopic (exact) mass is 353 g/mol. The Morgan fingerprint density at radius 2 is 2.00 bits per heavy atom. The molecule has 1 saturated heterocycles. The van der Waals surface area contributed by atoms with Gasteiger partial charge in [0.05, 0.1) is 18.0 Å². The highest BCUT2D eigenvalue weighted by atomic mass is 32.2. The zero-order valence-electron chi connectivity index (χ0n) is 13.8. The number of likely N-dealkylation sites (N-methyl/N-ethyl adjacent to an activating group) is 1. The highest BCUT2D eigenvalue weighted by Crippen LogP contribution is 2.29. The number of sulfonamides is 1. The van der Waals surface area contributed by atoms with Crippen LogP contribution in [0.25, 0.3) is 0 Å². The van der Waals surface area contributed by atoms with Gasteiger partial charge in [-0.05, 0) is 30.7 Å². The van der Waals surface area contributed by atoms with Gasteiger partial charge in [-0.2, -0.15) is 4.31 Å². The van der Waals surface area contributed by atoms with Crippen LogP contribution in [0.4, 0.5) is 0 Å². The van der Waals surface area contributed by atoms with Crippen molar-refractivity contribution in [1.82, 2.24) is 14.5 Å². The molecule has 0 unspecified atom stereocenters. The highest BCUT2D eigenvalue weighted by Gasteiger charge is 2.30. The van der Waals surface area contributed by atoms with E-state index >= 15 is 0 Å². The van der Waals surface area contributed by atoms with Crippen molar-refractivity contribution in [3.8, 4) is 5.75 Å². The Kier molecular flexibility index (Phi) is 5.07. The number of fused-ring (bicyclic) bond motifs is 1. The molecule has 0 aromatic heterocycles. The van der Waals surface area contributed by atoms with Crippen molar-refractivity contribution in [3.05, 3.63) is 23.8 Å². The minimum atomic E-state index is -3.50. The van der Waals surface area contributed by atoms with E-state index in [1.807, 2.05) is 11.8 Å². The summed E-state index contributed by atoms with van der Waals surface area (Å²) >= 11 is 0. The molecular weight excluding hydrogens is 330 g/mol. The van der Waals surface area contributed by atoms with Gasteiger partial charge in [-0.25, -0.2) is 8.42 Å². The van der Waals surface area contributed by atoms with Gasteiger partial charge in [-0.1, -0.05) is 0 Å². The van der Waals surface area contributed by atoms with Crippen molar-refractivity contribution < 1.29 is 17.9 Å². The van der Waals surface area contributed by atoms with Crippen molar-refractivity contribution >= 4 is 15.9 Å². The molecule has 1 aromatic rings. The van der Waals surface area contributed by atoms with E-state index in [-0.39, 0.29) is 5.91 Å². The molecule has 2 heterocycles. The average molecular weight is 353 g/mol. The van der Waals surface area contributed by atoms with Crippen LogP contribution >= 0.6 is 0 Å². The van der Waals surface area contributed by atoms with Gasteiger partial charge in [0.25, 0.3) is 0 Å². The number of hydrogen-bond acceptors (Lipinski definition) is 5. The maximum Gasteiger partial charge on any atom is 0.243 e. The summed E-state index contributed by atoms with van der Waals surface area (Å²) in [6.45, 7) is 5.33. The Morgan fingerprint density at radius 3 is 2.71 bits per heavy atom. The van der Waals surface area contributed by atoms with Gasteiger partial charge >= 0.3 is 0 Å². The van der Waals surface area contributed by atoms with E-state index in [0.29, 0.717) is 50.8 Å². The van der Waals surface area contributed by atoms with Crippen LogP contribution in [-0.4, -0.2) is 69.4 Å². The van der Waals surface area contributed by atoms with E-state index < -0.39 is 10.0 Å². The number of benzene rings is 1. The largest absolute Gasteiger partial charge is 0.493 e. The normalized spacial score (nSPS) is 18.9. The lowest BCUT2D eigenvalue weighted by atomic mass is 10.2. The Balaban J connectivity index is 1.64. The van der Waals surface area contributed by atoms with Gasteiger partial charge in [0.1, 0.15) is 5.75 Å². The van der Waals surface area contributed by atoms with Crippen molar-refractivity contribution in [1.29, 1.82) is 0 Å². The zero-order chi connectivity index (χ0) is 17.2. The molecule has 3 rings (SSSR count). The highest BCUT2D eigenvalue weighted by molar-refractivity contribution is 7.89. The van der Waals surface area contributed by atoms with Crippen molar-refractivity contribution in [2.75, 3.05) is 45.9 Å². The first-order valence-corrected chi connectivity index (χ1v) is 9.69. The second-order valence-corrected chi connectivity index (χ2v) is 7.94. The number of amides is 1. The molecule has 1 N–H and O–H groups in total. The van der Waals surface area contributed by atoms with Gasteiger partial charge < -0.3 is 10.1 Å². The first kappa shape index (κ1) is 17.2. The Bertz CT molecular complexity index is 712. The number of nitrogens with one attached hydrogen (secondary N) is 1. The van der Waals surface area contributed by atoms with Crippen molar-refractivity contribution in [2.45, 2.75) is 18.2 Å². The second kappa shape index (κ2) is 7.08. The topological polar surface area (TPSA) is 79.0 Å². The van der Waals surface area contributed by atoms with Crippen LogP contribution < -0.4 is 10.1 Å². The maximum absolute atomic E-state index is 12.8. The third-order valence-corrected chi connectivity index (χ3v) is 6.27. The fourth-order valence-electron chi connectivity index (χ4n) is 3.06. The third kappa shape index (κ3) is 3.55.